The SMILES string of the molecule is COC(=S)NCCCNC(C)=O. The second-order valence-electron chi connectivity index (χ2n) is 2.25. The molecule has 12 heavy (non-hydrogen) atoms. The Bertz CT molecular complexity index is 161. The van der Waals surface area contributed by atoms with Gasteiger partial charge in [0.1, 0.15) is 0 Å². The van der Waals surface area contributed by atoms with E-state index in [1.807, 2.05) is 0 Å². The Balaban J connectivity index is 3.11. The maximum absolute atomic E-state index is 10.4. The largest absolute Gasteiger partial charge is 0.474 e. The van der Waals surface area contributed by atoms with E-state index in [2.05, 4.69) is 10.6 Å². The van der Waals surface area contributed by atoms with E-state index in [4.69, 9.17) is 17.0 Å². The zero-order valence-corrected chi connectivity index (χ0v) is 8.16. The summed E-state index contributed by atoms with van der Waals surface area (Å²) in [6.45, 7) is 2.87. The van der Waals surface area contributed by atoms with Gasteiger partial charge in [-0.3, -0.25) is 4.79 Å². The summed E-state index contributed by atoms with van der Waals surface area (Å²) in [5.41, 5.74) is 0. The molecule has 0 aromatic rings. The van der Waals surface area contributed by atoms with E-state index < -0.39 is 0 Å². The molecule has 0 aromatic carbocycles. The zero-order chi connectivity index (χ0) is 9.40. The molecule has 4 nitrogen and oxygen atoms in total. The fourth-order valence-electron chi connectivity index (χ4n) is 0.615. The van der Waals surface area contributed by atoms with E-state index in [-0.39, 0.29) is 5.91 Å². The first-order chi connectivity index (χ1) is 5.66. The Morgan fingerprint density at radius 1 is 1.42 bits per heavy atom. The minimum Gasteiger partial charge on any atom is -0.474 e. The molecule has 0 atom stereocenters. The van der Waals surface area contributed by atoms with Crippen LogP contribution in [0.3, 0.4) is 0 Å². The number of amides is 1. The summed E-state index contributed by atoms with van der Waals surface area (Å²) in [4.78, 5) is 10.4. The van der Waals surface area contributed by atoms with Crippen LogP contribution in [0.5, 0.6) is 0 Å². The van der Waals surface area contributed by atoms with Gasteiger partial charge in [0.05, 0.1) is 7.11 Å². The molecule has 0 saturated heterocycles. The second kappa shape index (κ2) is 6.84. The molecular weight excluding hydrogens is 176 g/mol. The molecule has 0 aliphatic rings. The molecule has 0 heterocycles. The molecule has 70 valence electrons. The molecule has 1 amide bonds. The highest BCUT2D eigenvalue weighted by Crippen LogP contribution is 1.76. The maximum atomic E-state index is 10.4. The summed E-state index contributed by atoms with van der Waals surface area (Å²) in [5.74, 6) is -0.00989. The summed E-state index contributed by atoms with van der Waals surface area (Å²) >= 11 is 4.74. The minimum atomic E-state index is -0.00989. The van der Waals surface area contributed by atoms with E-state index >= 15 is 0 Å². The second-order valence-corrected chi connectivity index (χ2v) is 2.63. The van der Waals surface area contributed by atoms with E-state index in [9.17, 15) is 4.79 Å². The monoisotopic (exact) mass is 190 g/mol. The normalized spacial score (nSPS) is 8.83. The molecule has 0 radical (unpaired) electrons. The fourth-order valence-corrected chi connectivity index (χ4v) is 0.717. The van der Waals surface area contributed by atoms with Gasteiger partial charge in [-0.2, -0.15) is 0 Å². The van der Waals surface area contributed by atoms with Crippen molar-refractivity contribution in [3.05, 3.63) is 0 Å². The van der Waals surface area contributed by atoms with Crippen LogP contribution in [0.4, 0.5) is 0 Å². The molecule has 0 rings (SSSR count). The van der Waals surface area contributed by atoms with Crippen molar-refractivity contribution in [2.45, 2.75) is 13.3 Å². The van der Waals surface area contributed by atoms with Crippen LogP contribution < -0.4 is 10.6 Å². The van der Waals surface area contributed by atoms with Crippen molar-refractivity contribution in [3.63, 3.8) is 0 Å². The molecule has 5 heteroatoms. The predicted molar refractivity (Wildman–Crippen MR) is 50.9 cm³/mol. The third kappa shape index (κ3) is 7.27. The van der Waals surface area contributed by atoms with Crippen molar-refractivity contribution in [3.8, 4) is 0 Å². The highest BCUT2D eigenvalue weighted by Gasteiger charge is 1.92. The molecular formula is C7H14N2O2S. The lowest BCUT2D eigenvalue weighted by atomic mass is 10.4. The van der Waals surface area contributed by atoms with Gasteiger partial charge in [-0.15, -0.1) is 0 Å². The van der Waals surface area contributed by atoms with Crippen molar-refractivity contribution in [2.75, 3.05) is 20.2 Å². The number of carbonyl (C=O) groups excluding carboxylic acids is 1. The van der Waals surface area contributed by atoms with Crippen LogP contribution in [0.2, 0.25) is 0 Å². The lowest BCUT2D eigenvalue weighted by Crippen LogP contribution is -2.28. The van der Waals surface area contributed by atoms with E-state index in [1.165, 1.54) is 14.0 Å². The van der Waals surface area contributed by atoms with Crippen LogP contribution >= 0.6 is 12.2 Å². The highest BCUT2D eigenvalue weighted by molar-refractivity contribution is 7.80. The molecule has 0 aliphatic carbocycles. The van der Waals surface area contributed by atoms with Gasteiger partial charge in [0, 0.05) is 20.0 Å². The number of thiocarbonyl (C=S) groups is 1. The third-order valence-electron chi connectivity index (χ3n) is 1.18. The fraction of sp³-hybridized carbons (Fsp3) is 0.714. The van der Waals surface area contributed by atoms with Gasteiger partial charge in [0.25, 0.3) is 5.17 Å². The molecule has 0 saturated carbocycles. The lowest BCUT2D eigenvalue weighted by molar-refractivity contribution is -0.118. The Hall–Kier alpha value is -0.840. The first-order valence-electron chi connectivity index (χ1n) is 3.73. The van der Waals surface area contributed by atoms with Crippen molar-refractivity contribution >= 4 is 23.3 Å². The molecule has 0 aromatic heterocycles. The molecule has 0 unspecified atom stereocenters. The smallest absolute Gasteiger partial charge is 0.256 e. The summed E-state index contributed by atoms with van der Waals surface area (Å²) in [5, 5.41) is 5.93. The van der Waals surface area contributed by atoms with E-state index in [1.54, 1.807) is 0 Å². The Labute approximate surface area is 77.7 Å². The predicted octanol–water partition coefficient (Wildman–Crippen LogP) is 0.0335. The molecule has 0 aliphatic heterocycles. The van der Waals surface area contributed by atoms with Crippen LogP contribution in [0, 0.1) is 0 Å². The number of nitrogens with one attached hydrogen (secondary N) is 2. The van der Waals surface area contributed by atoms with Crippen LogP contribution in [-0.2, 0) is 9.53 Å². The summed E-state index contributed by atoms with van der Waals surface area (Å²) < 4.78 is 4.71. The molecule has 0 spiro atoms. The van der Waals surface area contributed by atoms with Gasteiger partial charge in [0.2, 0.25) is 5.91 Å². The van der Waals surface area contributed by atoms with Gasteiger partial charge in [-0.25, -0.2) is 0 Å². The highest BCUT2D eigenvalue weighted by atomic mass is 32.1. The number of rotatable bonds is 4. The number of carbonyl (C=O) groups is 1. The number of ether oxygens (including phenoxy) is 1. The Morgan fingerprint density at radius 3 is 2.50 bits per heavy atom. The lowest BCUT2D eigenvalue weighted by Gasteiger charge is -2.05. The van der Waals surface area contributed by atoms with Crippen molar-refractivity contribution < 1.29 is 9.53 Å². The molecule has 0 fully saturated rings. The van der Waals surface area contributed by atoms with Gasteiger partial charge in [-0.1, -0.05) is 0 Å². The van der Waals surface area contributed by atoms with Gasteiger partial charge in [-0.05, 0) is 18.6 Å². The minimum absolute atomic E-state index is 0.00989. The van der Waals surface area contributed by atoms with Crippen molar-refractivity contribution in [2.24, 2.45) is 0 Å². The Kier molecular flexibility index (Phi) is 6.37. The van der Waals surface area contributed by atoms with Gasteiger partial charge in [0.15, 0.2) is 0 Å². The standard InChI is InChI=1S/C7H14N2O2S/c1-6(10)8-4-3-5-9-7(12)11-2/h3-5H2,1-2H3,(H,8,10)(H,9,12). The Morgan fingerprint density at radius 2 is 2.00 bits per heavy atom. The summed E-state index contributed by atoms with van der Waals surface area (Å²) in [6.07, 6.45) is 0.836. The van der Waals surface area contributed by atoms with Gasteiger partial charge < -0.3 is 15.4 Å². The van der Waals surface area contributed by atoms with Crippen LogP contribution in [-0.4, -0.2) is 31.3 Å². The topological polar surface area (TPSA) is 50.4 Å². The molecule has 2 N–H and O–H groups in total. The maximum Gasteiger partial charge on any atom is 0.256 e. The quantitative estimate of drug-likeness (QED) is 0.485. The van der Waals surface area contributed by atoms with Crippen LogP contribution in [0.25, 0.3) is 0 Å². The van der Waals surface area contributed by atoms with E-state index in [0.29, 0.717) is 18.3 Å². The van der Waals surface area contributed by atoms with Crippen molar-refractivity contribution in [1.29, 1.82) is 0 Å². The summed E-state index contributed by atoms with van der Waals surface area (Å²) in [7, 11) is 1.52. The van der Waals surface area contributed by atoms with E-state index in [0.717, 1.165) is 6.42 Å². The third-order valence-corrected chi connectivity index (χ3v) is 1.49. The van der Waals surface area contributed by atoms with Crippen molar-refractivity contribution in [1.82, 2.24) is 10.6 Å². The number of hydrogen-bond donors (Lipinski definition) is 2. The first-order valence-corrected chi connectivity index (χ1v) is 4.14. The summed E-state index contributed by atoms with van der Waals surface area (Å²) in [6, 6.07) is 0. The zero-order valence-electron chi connectivity index (χ0n) is 7.35. The molecule has 0 bridgehead atoms. The first kappa shape index (κ1) is 11.2. The number of hydrogen-bond acceptors (Lipinski definition) is 3. The van der Waals surface area contributed by atoms with Crippen LogP contribution in [0.15, 0.2) is 0 Å². The average Bonchev–Trinajstić information content (AvgIpc) is 2.03. The van der Waals surface area contributed by atoms with Gasteiger partial charge >= 0.3 is 0 Å². The van der Waals surface area contributed by atoms with Crippen LogP contribution in [0.1, 0.15) is 13.3 Å². The number of methoxy groups -OCH3 is 1. The average molecular weight is 190 g/mol.